The zero-order chi connectivity index (χ0) is 9.52. The molecule has 1 heterocycles. The van der Waals surface area contributed by atoms with Crippen molar-refractivity contribution in [1.82, 2.24) is 20.5 Å². The molecule has 0 fully saturated rings. The summed E-state index contributed by atoms with van der Waals surface area (Å²) in [5, 5.41) is 9.96. The second kappa shape index (κ2) is 5.70. The third-order valence-electron chi connectivity index (χ3n) is 2.35. The molecule has 0 atom stereocenters. The minimum absolute atomic E-state index is 0.780. The fraction of sp³-hybridized carbons (Fsp3) is 0.778. The molecule has 4 heteroatoms. The molecule has 1 aromatic rings. The van der Waals surface area contributed by atoms with E-state index in [1.165, 1.54) is 19.2 Å². The van der Waals surface area contributed by atoms with E-state index in [4.69, 9.17) is 0 Å². The van der Waals surface area contributed by atoms with Crippen molar-refractivity contribution in [3.63, 3.8) is 0 Å². The number of aromatic nitrogens is 3. The third-order valence-corrected chi connectivity index (χ3v) is 2.35. The van der Waals surface area contributed by atoms with Gasteiger partial charge in [0.25, 0.3) is 0 Å². The van der Waals surface area contributed by atoms with Crippen LogP contribution in [0.3, 0.4) is 0 Å². The maximum Gasteiger partial charge on any atom is 0.138 e. The van der Waals surface area contributed by atoms with Crippen LogP contribution in [-0.2, 0) is 6.54 Å². The minimum atomic E-state index is 0.780. The molecule has 0 radical (unpaired) electrons. The van der Waals surface area contributed by atoms with Gasteiger partial charge in [0, 0.05) is 0 Å². The first-order chi connectivity index (χ1) is 6.36. The van der Waals surface area contributed by atoms with E-state index in [-0.39, 0.29) is 0 Å². The number of aromatic amines is 1. The normalized spacial score (nSPS) is 11.0. The zero-order valence-electron chi connectivity index (χ0n) is 8.38. The summed E-state index contributed by atoms with van der Waals surface area (Å²) in [4.78, 5) is 4.04. The molecule has 0 bridgehead atoms. The third kappa shape index (κ3) is 3.55. The van der Waals surface area contributed by atoms with Gasteiger partial charge in [-0.2, -0.15) is 5.10 Å². The molecule has 0 aliphatic heterocycles. The smallest absolute Gasteiger partial charge is 0.138 e. The Morgan fingerprint density at radius 3 is 2.77 bits per heavy atom. The van der Waals surface area contributed by atoms with Crippen LogP contribution < -0.4 is 5.32 Å². The summed E-state index contributed by atoms with van der Waals surface area (Å²) in [6.45, 7) is 6.30. The van der Waals surface area contributed by atoms with Crippen molar-refractivity contribution in [2.75, 3.05) is 6.54 Å². The van der Waals surface area contributed by atoms with E-state index < -0.39 is 0 Å². The maximum atomic E-state index is 4.04. The molecule has 0 saturated carbocycles. The van der Waals surface area contributed by atoms with Gasteiger partial charge in [-0.3, -0.25) is 5.10 Å². The zero-order valence-corrected chi connectivity index (χ0v) is 8.38. The second-order valence-electron chi connectivity index (χ2n) is 3.25. The molecule has 0 spiro atoms. The monoisotopic (exact) mass is 182 g/mol. The van der Waals surface area contributed by atoms with Gasteiger partial charge >= 0.3 is 0 Å². The summed E-state index contributed by atoms with van der Waals surface area (Å²) >= 11 is 0. The Kier molecular flexibility index (Phi) is 4.46. The molecule has 0 aliphatic carbocycles. The van der Waals surface area contributed by atoms with Crippen molar-refractivity contribution >= 4 is 0 Å². The van der Waals surface area contributed by atoms with Crippen LogP contribution in [-0.4, -0.2) is 21.7 Å². The predicted molar refractivity (Wildman–Crippen MR) is 52.2 cm³/mol. The highest BCUT2D eigenvalue weighted by molar-refractivity contribution is 4.78. The number of H-pyrrole nitrogens is 1. The van der Waals surface area contributed by atoms with Crippen molar-refractivity contribution < 1.29 is 0 Å². The Hall–Kier alpha value is -0.900. The highest BCUT2D eigenvalue weighted by atomic mass is 15.2. The molecule has 1 aromatic heterocycles. The van der Waals surface area contributed by atoms with Crippen LogP contribution in [0.15, 0.2) is 6.33 Å². The summed E-state index contributed by atoms with van der Waals surface area (Å²) in [7, 11) is 0. The first-order valence-corrected chi connectivity index (χ1v) is 4.91. The fourth-order valence-corrected chi connectivity index (χ4v) is 1.29. The Bertz CT molecular complexity index is 203. The van der Waals surface area contributed by atoms with Crippen molar-refractivity contribution in [3.05, 3.63) is 12.2 Å². The molecule has 0 aliphatic rings. The van der Waals surface area contributed by atoms with Gasteiger partial charge in [-0.15, -0.1) is 0 Å². The first-order valence-electron chi connectivity index (χ1n) is 4.91. The molecule has 0 unspecified atom stereocenters. The standard InChI is InChI=1S/C9H18N4/c1-3-8(4-2)5-10-6-9-11-7-12-13-9/h7-8,10H,3-6H2,1-2H3,(H,11,12,13). The molecule has 0 amide bonds. The van der Waals surface area contributed by atoms with E-state index in [0.717, 1.165) is 24.8 Å². The van der Waals surface area contributed by atoms with Gasteiger partial charge in [0.2, 0.25) is 0 Å². The molecule has 2 N–H and O–H groups in total. The molecule has 1 rings (SSSR count). The molecular formula is C9H18N4. The number of rotatable bonds is 6. The molecule has 0 saturated heterocycles. The average Bonchev–Trinajstić information content (AvgIpc) is 2.65. The second-order valence-corrected chi connectivity index (χ2v) is 3.25. The van der Waals surface area contributed by atoms with Gasteiger partial charge in [0.1, 0.15) is 12.2 Å². The van der Waals surface area contributed by atoms with Crippen molar-refractivity contribution in [1.29, 1.82) is 0 Å². The Balaban J connectivity index is 2.13. The number of hydrogen-bond donors (Lipinski definition) is 2. The van der Waals surface area contributed by atoms with Crippen molar-refractivity contribution in [2.45, 2.75) is 33.2 Å². The summed E-state index contributed by atoms with van der Waals surface area (Å²) in [6, 6.07) is 0. The van der Waals surface area contributed by atoms with Gasteiger partial charge in [0.05, 0.1) is 6.54 Å². The molecule has 74 valence electrons. The van der Waals surface area contributed by atoms with Gasteiger partial charge in [-0.05, 0) is 12.5 Å². The Morgan fingerprint density at radius 1 is 1.46 bits per heavy atom. The lowest BCUT2D eigenvalue weighted by Gasteiger charge is -2.11. The van der Waals surface area contributed by atoms with Crippen LogP contribution >= 0.6 is 0 Å². The summed E-state index contributed by atoms with van der Waals surface area (Å²) in [5.41, 5.74) is 0. The van der Waals surface area contributed by atoms with E-state index in [0.29, 0.717) is 0 Å². The first kappa shape index (κ1) is 10.2. The lowest BCUT2D eigenvalue weighted by atomic mass is 10.0. The highest BCUT2D eigenvalue weighted by Crippen LogP contribution is 2.05. The van der Waals surface area contributed by atoms with Crippen molar-refractivity contribution in [2.24, 2.45) is 5.92 Å². The largest absolute Gasteiger partial charge is 0.310 e. The topological polar surface area (TPSA) is 53.6 Å². The Labute approximate surface area is 79.2 Å². The summed E-state index contributed by atoms with van der Waals surface area (Å²) in [5.74, 6) is 1.69. The minimum Gasteiger partial charge on any atom is -0.310 e. The predicted octanol–water partition coefficient (Wildman–Crippen LogP) is 1.33. The highest BCUT2D eigenvalue weighted by Gasteiger charge is 2.02. The maximum absolute atomic E-state index is 4.04. The van der Waals surface area contributed by atoms with Crippen LogP contribution in [0, 0.1) is 5.92 Å². The summed E-state index contributed by atoms with van der Waals surface area (Å²) < 4.78 is 0. The SMILES string of the molecule is CCC(CC)CNCc1ncn[nH]1. The van der Waals surface area contributed by atoms with Crippen LogP contribution in [0.25, 0.3) is 0 Å². The van der Waals surface area contributed by atoms with Crippen LogP contribution in [0.2, 0.25) is 0 Å². The fourth-order valence-electron chi connectivity index (χ4n) is 1.29. The van der Waals surface area contributed by atoms with Gasteiger partial charge < -0.3 is 5.32 Å². The van der Waals surface area contributed by atoms with E-state index in [9.17, 15) is 0 Å². The van der Waals surface area contributed by atoms with Gasteiger partial charge in [-0.1, -0.05) is 26.7 Å². The van der Waals surface area contributed by atoms with Gasteiger partial charge in [0.15, 0.2) is 0 Å². The van der Waals surface area contributed by atoms with E-state index in [2.05, 4.69) is 34.3 Å². The van der Waals surface area contributed by atoms with E-state index in [1.54, 1.807) is 0 Å². The molecule has 13 heavy (non-hydrogen) atoms. The number of hydrogen-bond acceptors (Lipinski definition) is 3. The average molecular weight is 182 g/mol. The van der Waals surface area contributed by atoms with E-state index >= 15 is 0 Å². The Morgan fingerprint density at radius 2 is 2.23 bits per heavy atom. The lowest BCUT2D eigenvalue weighted by Crippen LogP contribution is -2.22. The van der Waals surface area contributed by atoms with Crippen LogP contribution in [0.5, 0.6) is 0 Å². The quantitative estimate of drug-likeness (QED) is 0.698. The lowest BCUT2D eigenvalue weighted by molar-refractivity contribution is 0.446. The number of nitrogens with zero attached hydrogens (tertiary/aromatic N) is 2. The van der Waals surface area contributed by atoms with Gasteiger partial charge in [-0.25, -0.2) is 4.98 Å². The molecular weight excluding hydrogens is 164 g/mol. The molecule has 4 nitrogen and oxygen atoms in total. The van der Waals surface area contributed by atoms with Crippen molar-refractivity contribution in [3.8, 4) is 0 Å². The van der Waals surface area contributed by atoms with E-state index in [1.807, 2.05) is 0 Å². The van der Waals surface area contributed by atoms with Crippen LogP contribution in [0.1, 0.15) is 32.5 Å². The molecule has 0 aromatic carbocycles. The number of nitrogens with one attached hydrogen (secondary N) is 2. The van der Waals surface area contributed by atoms with Crippen LogP contribution in [0.4, 0.5) is 0 Å². The summed E-state index contributed by atoms with van der Waals surface area (Å²) in [6.07, 6.45) is 4.01.